The summed E-state index contributed by atoms with van der Waals surface area (Å²) >= 11 is 0. The van der Waals surface area contributed by atoms with E-state index in [-0.39, 0.29) is 11.7 Å². The smallest absolute Gasteiger partial charge is 0.165 e. The normalized spacial score (nSPS) is 13.5. The van der Waals surface area contributed by atoms with E-state index >= 15 is 0 Å². The molecule has 1 aromatic carbocycles. The van der Waals surface area contributed by atoms with Gasteiger partial charge in [-0.3, -0.25) is 4.98 Å². The van der Waals surface area contributed by atoms with Crippen molar-refractivity contribution in [2.45, 2.75) is 20.3 Å². The Bertz CT molecular complexity index is 646. The van der Waals surface area contributed by atoms with Gasteiger partial charge in [-0.1, -0.05) is 20.3 Å². The lowest BCUT2D eigenvalue weighted by molar-refractivity contribution is 0.0857. The maximum Gasteiger partial charge on any atom is 0.165 e. The van der Waals surface area contributed by atoms with Crippen LogP contribution in [0.5, 0.6) is 5.75 Å². The zero-order chi connectivity index (χ0) is 17.5. The molecule has 2 aromatic rings. The monoisotopic (exact) mass is 335 g/mol. The summed E-state index contributed by atoms with van der Waals surface area (Å²) in [6.07, 6.45) is 2.12. The van der Waals surface area contributed by atoms with E-state index in [0.717, 1.165) is 12.6 Å². The van der Waals surface area contributed by atoms with E-state index in [2.05, 4.69) is 18.8 Å². The molecule has 0 amide bonds. The molecular weight excluding hydrogens is 312 g/mol. The molecule has 130 valence electrons. The van der Waals surface area contributed by atoms with Crippen LogP contribution in [0, 0.1) is 23.5 Å². The second-order valence-electron chi connectivity index (χ2n) is 5.92. The van der Waals surface area contributed by atoms with Crippen molar-refractivity contribution in [3.8, 4) is 17.0 Å². The average Bonchev–Trinajstić information content (AvgIpc) is 2.59. The molecule has 0 radical (unpaired) electrons. The first-order valence-electron chi connectivity index (χ1n) is 8.08. The Kier molecular flexibility index (Phi) is 6.67. The molecule has 1 unspecified atom stereocenters. The van der Waals surface area contributed by atoms with E-state index in [4.69, 9.17) is 9.47 Å². The molecular formula is C19H23F2NO2. The molecule has 3 nitrogen and oxygen atoms in total. The third-order valence-electron chi connectivity index (χ3n) is 4.24. The minimum absolute atomic E-state index is 0.199. The summed E-state index contributed by atoms with van der Waals surface area (Å²) in [5.41, 5.74) is 1.09. The van der Waals surface area contributed by atoms with Crippen LogP contribution >= 0.6 is 0 Å². The Hall–Kier alpha value is -2.01. The van der Waals surface area contributed by atoms with Crippen LogP contribution in [0.25, 0.3) is 11.3 Å². The highest BCUT2D eigenvalue weighted by Crippen LogP contribution is 2.26. The van der Waals surface area contributed by atoms with Gasteiger partial charge in [-0.25, -0.2) is 8.78 Å². The number of nitrogens with zero attached hydrogens (tertiary/aromatic N) is 1. The standard InChI is InChI=1S/C19H23F2NO2/c1-4-13(2)15(11-23-3)12-24-19-8-5-14(9-17(19)21)18-7-6-16(20)10-22-18/h5-10,13,15H,4,11-12H2,1-3H3/t13?,15-/m1/s1. The third kappa shape index (κ3) is 4.74. The summed E-state index contributed by atoms with van der Waals surface area (Å²) in [7, 11) is 1.65. The fourth-order valence-electron chi connectivity index (χ4n) is 2.44. The molecule has 0 aliphatic heterocycles. The minimum Gasteiger partial charge on any atom is -0.490 e. The van der Waals surface area contributed by atoms with E-state index in [1.807, 2.05) is 0 Å². The molecule has 5 heteroatoms. The van der Waals surface area contributed by atoms with E-state index in [9.17, 15) is 8.78 Å². The summed E-state index contributed by atoms with van der Waals surface area (Å²) in [6.45, 7) is 5.22. The topological polar surface area (TPSA) is 31.4 Å². The number of halogens is 2. The highest BCUT2D eigenvalue weighted by atomic mass is 19.1. The number of hydrogen-bond acceptors (Lipinski definition) is 3. The van der Waals surface area contributed by atoms with Gasteiger partial charge in [-0.05, 0) is 36.2 Å². The first kappa shape index (κ1) is 18.3. The minimum atomic E-state index is -0.459. The van der Waals surface area contributed by atoms with Gasteiger partial charge in [0.05, 0.1) is 25.1 Å². The van der Waals surface area contributed by atoms with Crippen LogP contribution in [0.2, 0.25) is 0 Å². The molecule has 2 rings (SSSR count). The van der Waals surface area contributed by atoms with Crippen molar-refractivity contribution in [1.82, 2.24) is 4.98 Å². The SMILES string of the molecule is CCC(C)[C@H](COC)COc1ccc(-c2ccc(F)cn2)cc1F. The van der Waals surface area contributed by atoms with Gasteiger partial charge in [0, 0.05) is 18.6 Å². The zero-order valence-electron chi connectivity index (χ0n) is 14.3. The Balaban J connectivity index is 2.08. The van der Waals surface area contributed by atoms with E-state index in [0.29, 0.717) is 30.4 Å². The van der Waals surface area contributed by atoms with Crippen molar-refractivity contribution < 1.29 is 18.3 Å². The molecule has 0 aliphatic carbocycles. The van der Waals surface area contributed by atoms with Gasteiger partial charge in [0.2, 0.25) is 0 Å². The Labute approximate surface area is 141 Å². The van der Waals surface area contributed by atoms with Crippen LogP contribution in [0.4, 0.5) is 8.78 Å². The molecule has 2 atom stereocenters. The van der Waals surface area contributed by atoms with Crippen LogP contribution < -0.4 is 4.74 Å². The fraction of sp³-hybridized carbons (Fsp3) is 0.421. The second-order valence-corrected chi connectivity index (χ2v) is 5.92. The highest BCUT2D eigenvalue weighted by molar-refractivity contribution is 5.60. The Morgan fingerprint density at radius 3 is 2.50 bits per heavy atom. The molecule has 0 spiro atoms. The van der Waals surface area contributed by atoms with Crippen molar-refractivity contribution in [3.05, 3.63) is 48.2 Å². The van der Waals surface area contributed by atoms with Crippen LogP contribution in [-0.2, 0) is 4.74 Å². The molecule has 1 aromatic heterocycles. The van der Waals surface area contributed by atoms with Crippen molar-refractivity contribution in [1.29, 1.82) is 0 Å². The number of methoxy groups -OCH3 is 1. The van der Waals surface area contributed by atoms with Crippen LogP contribution in [0.15, 0.2) is 36.5 Å². The third-order valence-corrected chi connectivity index (χ3v) is 4.24. The van der Waals surface area contributed by atoms with Crippen molar-refractivity contribution >= 4 is 0 Å². The Morgan fingerprint density at radius 2 is 1.92 bits per heavy atom. The van der Waals surface area contributed by atoms with Crippen molar-refractivity contribution in [3.63, 3.8) is 0 Å². The number of aromatic nitrogens is 1. The molecule has 0 aliphatic rings. The van der Waals surface area contributed by atoms with Gasteiger partial charge in [0.25, 0.3) is 0 Å². The molecule has 0 bridgehead atoms. The lowest BCUT2D eigenvalue weighted by atomic mass is 9.93. The van der Waals surface area contributed by atoms with Gasteiger partial charge in [-0.2, -0.15) is 0 Å². The van der Waals surface area contributed by atoms with Crippen LogP contribution in [-0.4, -0.2) is 25.3 Å². The number of rotatable bonds is 8. The summed E-state index contributed by atoms with van der Waals surface area (Å²) in [5, 5.41) is 0. The number of pyridine rings is 1. The molecule has 0 saturated carbocycles. The fourth-order valence-corrected chi connectivity index (χ4v) is 2.44. The van der Waals surface area contributed by atoms with Gasteiger partial charge in [0.1, 0.15) is 5.82 Å². The lowest BCUT2D eigenvalue weighted by Crippen LogP contribution is -2.24. The van der Waals surface area contributed by atoms with Gasteiger partial charge in [0.15, 0.2) is 11.6 Å². The van der Waals surface area contributed by atoms with Gasteiger partial charge in [-0.15, -0.1) is 0 Å². The largest absolute Gasteiger partial charge is 0.490 e. The quantitative estimate of drug-likeness (QED) is 0.700. The lowest BCUT2D eigenvalue weighted by Gasteiger charge is -2.22. The maximum atomic E-state index is 14.3. The Morgan fingerprint density at radius 1 is 1.12 bits per heavy atom. The number of hydrogen-bond donors (Lipinski definition) is 0. The second kappa shape index (κ2) is 8.73. The predicted octanol–water partition coefficient (Wildman–Crippen LogP) is 4.71. The first-order valence-corrected chi connectivity index (χ1v) is 8.08. The molecule has 0 saturated heterocycles. The molecule has 0 fully saturated rings. The van der Waals surface area contributed by atoms with E-state index < -0.39 is 11.6 Å². The summed E-state index contributed by atoms with van der Waals surface area (Å²) in [5.74, 6) is -0.0499. The van der Waals surface area contributed by atoms with Crippen LogP contribution in [0.1, 0.15) is 20.3 Å². The summed E-state index contributed by atoms with van der Waals surface area (Å²) in [6, 6.07) is 7.46. The van der Waals surface area contributed by atoms with Crippen LogP contribution in [0.3, 0.4) is 0 Å². The average molecular weight is 335 g/mol. The van der Waals surface area contributed by atoms with Gasteiger partial charge >= 0.3 is 0 Å². The van der Waals surface area contributed by atoms with E-state index in [1.54, 1.807) is 19.2 Å². The first-order chi connectivity index (χ1) is 11.5. The summed E-state index contributed by atoms with van der Waals surface area (Å²) < 4.78 is 38.1. The predicted molar refractivity (Wildman–Crippen MR) is 89.9 cm³/mol. The van der Waals surface area contributed by atoms with Gasteiger partial charge < -0.3 is 9.47 Å². The molecule has 24 heavy (non-hydrogen) atoms. The van der Waals surface area contributed by atoms with Crippen molar-refractivity contribution in [2.24, 2.45) is 11.8 Å². The molecule has 1 heterocycles. The number of ether oxygens (including phenoxy) is 2. The summed E-state index contributed by atoms with van der Waals surface area (Å²) in [4.78, 5) is 3.95. The van der Waals surface area contributed by atoms with E-state index in [1.165, 1.54) is 18.2 Å². The zero-order valence-corrected chi connectivity index (χ0v) is 14.3. The van der Waals surface area contributed by atoms with Crippen molar-refractivity contribution in [2.75, 3.05) is 20.3 Å². The molecule has 0 N–H and O–H groups in total. The number of benzene rings is 1. The highest BCUT2D eigenvalue weighted by Gasteiger charge is 2.17. The maximum absolute atomic E-state index is 14.3.